The number of hydrogen-bond acceptors (Lipinski definition) is 2. The number of benzene rings is 1. The Morgan fingerprint density at radius 2 is 1.81 bits per heavy atom. The molecule has 0 aromatic heterocycles. The fourth-order valence-electron chi connectivity index (χ4n) is 1.03. The van der Waals surface area contributed by atoms with Crippen molar-refractivity contribution < 1.29 is 22.7 Å². The Morgan fingerprint density at radius 1 is 1.25 bits per heavy atom. The fourth-order valence-corrected chi connectivity index (χ4v) is 1.18. The first-order valence-corrected chi connectivity index (χ1v) is 4.84. The third-order valence-corrected chi connectivity index (χ3v) is 2.04. The second-order valence-corrected chi connectivity index (χ2v) is 3.26. The van der Waals surface area contributed by atoms with E-state index in [2.05, 4.69) is 4.74 Å². The van der Waals surface area contributed by atoms with Gasteiger partial charge in [0, 0.05) is 5.56 Å². The van der Waals surface area contributed by atoms with Crippen LogP contribution < -0.4 is 0 Å². The molecule has 0 N–H and O–H groups in total. The van der Waals surface area contributed by atoms with E-state index < -0.39 is 13.0 Å². The molecule has 0 radical (unpaired) electrons. The molecular formula is C10H8ClF3O2. The van der Waals surface area contributed by atoms with Gasteiger partial charge in [-0.25, -0.2) is 0 Å². The summed E-state index contributed by atoms with van der Waals surface area (Å²) in [6, 6.07) is 5.62. The molecule has 0 bridgehead atoms. The smallest absolute Gasteiger partial charge is 0.293 e. The molecule has 0 aliphatic heterocycles. The molecule has 0 saturated heterocycles. The summed E-state index contributed by atoms with van der Waals surface area (Å²) in [5.41, 5.74) is 0.703. The Balaban J connectivity index is 2.62. The topological polar surface area (TPSA) is 26.3 Å². The van der Waals surface area contributed by atoms with Crippen LogP contribution in [0.1, 0.15) is 15.9 Å². The fraction of sp³-hybridized carbons (Fsp3) is 0.300. The zero-order valence-corrected chi connectivity index (χ0v) is 8.81. The summed E-state index contributed by atoms with van der Waals surface area (Å²) in [7, 11) is 0. The summed E-state index contributed by atoms with van der Waals surface area (Å²) in [6.07, 6.45) is -4.65. The summed E-state index contributed by atoms with van der Waals surface area (Å²) in [5, 5.41) is 0. The van der Waals surface area contributed by atoms with Gasteiger partial charge in [0.05, 0.1) is 12.5 Å². The van der Waals surface area contributed by atoms with Crippen LogP contribution in [-0.2, 0) is 11.3 Å². The van der Waals surface area contributed by atoms with Crippen molar-refractivity contribution >= 4 is 17.4 Å². The van der Waals surface area contributed by atoms with Gasteiger partial charge >= 0.3 is 6.36 Å². The molecule has 0 aliphatic rings. The highest BCUT2D eigenvalue weighted by Crippen LogP contribution is 2.18. The van der Waals surface area contributed by atoms with Crippen molar-refractivity contribution in [2.75, 3.05) is 5.88 Å². The van der Waals surface area contributed by atoms with Crippen molar-refractivity contribution in [2.45, 2.75) is 13.0 Å². The number of ketones is 1. The maximum atomic E-state index is 11.7. The van der Waals surface area contributed by atoms with Gasteiger partial charge in [-0.05, 0) is 5.56 Å². The number of carbonyl (C=O) groups excluding carboxylic acids is 1. The lowest BCUT2D eigenvalue weighted by atomic mass is 10.1. The Labute approximate surface area is 95.0 Å². The summed E-state index contributed by atoms with van der Waals surface area (Å²) >= 11 is 5.32. The van der Waals surface area contributed by atoms with Crippen LogP contribution in [0.15, 0.2) is 24.3 Å². The van der Waals surface area contributed by atoms with E-state index in [1.54, 1.807) is 0 Å². The predicted octanol–water partition coefficient (Wildman–Crippen LogP) is 3.14. The zero-order valence-electron chi connectivity index (χ0n) is 8.05. The maximum absolute atomic E-state index is 11.7. The van der Waals surface area contributed by atoms with Crippen molar-refractivity contribution in [2.24, 2.45) is 0 Å². The third kappa shape index (κ3) is 4.20. The lowest BCUT2D eigenvalue weighted by Gasteiger charge is -2.07. The predicted molar refractivity (Wildman–Crippen MR) is 52.3 cm³/mol. The van der Waals surface area contributed by atoms with Gasteiger partial charge in [0.25, 0.3) is 0 Å². The normalized spacial score (nSPS) is 11.5. The van der Waals surface area contributed by atoms with Crippen molar-refractivity contribution in [3.63, 3.8) is 0 Å². The standard InChI is InChI=1S/C10H8ClF3O2/c11-5-9(15)8-3-1-7(2-4-8)6-16-10(12,13)14/h1-4H,5-6H2. The number of rotatable bonds is 4. The van der Waals surface area contributed by atoms with E-state index >= 15 is 0 Å². The Kier molecular flexibility index (Phi) is 4.32. The highest BCUT2D eigenvalue weighted by atomic mass is 35.5. The number of carbonyl (C=O) groups is 1. The van der Waals surface area contributed by atoms with Gasteiger partial charge in [0.1, 0.15) is 0 Å². The molecule has 2 nitrogen and oxygen atoms in total. The zero-order chi connectivity index (χ0) is 12.2. The van der Waals surface area contributed by atoms with Crippen LogP contribution in [0.2, 0.25) is 0 Å². The quantitative estimate of drug-likeness (QED) is 0.608. The lowest BCUT2D eigenvalue weighted by Crippen LogP contribution is -2.12. The van der Waals surface area contributed by atoms with E-state index in [0.717, 1.165) is 0 Å². The SMILES string of the molecule is O=C(CCl)c1ccc(COC(F)(F)F)cc1. The average Bonchev–Trinajstić information content (AvgIpc) is 2.25. The molecule has 0 fully saturated rings. The second kappa shape index (κ2) is 5.32. The molecule has 6 heteroatoms. The molecule has 0 unspecified atom stereocenters. The Morgan fingerprint density at radius 3 is 2.25 bits per heavy atom. The van der Waals surface area contributed by atoms with Crippen molar-refractivity contribution in [1.29, 1.82) is 0 Å². The maximum Gasteiger partial charge on any atom is 0.522 e. The van der Waals surface area contributed by atoms with Crippen molar-refractivity contribution in [3.05, 3.63) is 35.4 Å². The van der Waals surface area contributed by atoms with Crippen LogP contribution in [0.5, 0.6) is 0 Å². The second-order valence-electron chi connectivity index (χ2n) is 2.99. The molecule has 0 atom stereocenters. The van der Waals surface area contributed by atoms with Gasteiger partial charge in [-0.1, -0.05) is 24.3 Å². The van der Waals surface area contributed by atoms with Gasteiger partial charge in [-0.15, -0.1) is 24.8 Å². The molecule has 0 heterocycles. The average molecular weight is 253 g/mol. The van der Waals surface area contributed by atoms with E-state index in [1.807, 2.05) is 0 Å². The Hall–Kier alpha value is -1.07. The molecule has 0 spiro atoms. The molecule has 88 valence electrons. The number of Topliss-reactive ketones (excluding diaryl/α,β-unsaturated/α-hetero) is 1. The molecule has 16 heavy (non-hydrogen) atoms. The molecule has 0 aliphatic carbocycles. The first kappa shape index (κ1) is 13.0. The lowest BCUT2D eigenvalue weighted by molar-refractivity contribution is -0.330. The first-order valence-electron chi connectivity index (χ1n) is 4.31. The monoisotopic (exact) mass is 252 g/mol. The van der Waals surface area contributed by atoms with E-state index in [1.165, 1.54) is 24.3 Å². The Bertz CT molecular complexity index is 359. The minimum Gasteiger partial charge on any atom is -0.293 e. The van der Waals surface area contributed by atoms with Gasteiger partial charge in [-0.3, -0.25) is 9.53 Å². The number of alkyl halides is 4. The molecule has 1 rings (SSSR count). The summed E-state index contributed by atoms with van der Waals surface area (Å²) in [5.74, 6) is -0.428. The summed E-state index contributed by atoms with van der Waals surface area (Å²) < 4.78 is 38.8. The molecule has 0 saturated carbocycles. The van der Waals surface area contributed by atoms with Crippen molar-refractivity contribution in [3.8, 4) is 0 Å². The van der Waals surface area contributed by atoms with Crippen LogP contribution >= 0.6 is 11.6 Å². The van der Waals surface area contributed by atoms with Gasteiger partial charge in [0.2, 0.25) is 0 Å². The third-order valence-electron chi connectivity index (χ3n) is 1.80. The minimum absolute atomic E-state index is 0.154. The number of halogens is 4. The summed E-state index contributed by atoms with van der Waals surface area (Å²) in [6.45, 7) is -0.571. The highest BCUT2D eigenvalue weighted by molar-refractivity contribution is 6.30. The van der Waals surface area contributed by atoms with Crippen molar-refractivity contribution in [1.82, 2.24) is 0 Å². The number of hydrogen-bond donors (Lipinski definition) is 0. The van der Waals surface area contributed by atoms with Gasteiger partial charge in [0.15, 0.2) is 5.78 Å². The van der Waals surface area contributed by atoms with E-state index in [4.69, 9.17) is 11.6 Å². The van der Waals surface area contributed by atoms with E-state index in [9.17, 15) is 18.0 Å². The van der Waals surface area contributed by atoms with E-state index in [0.29, 0.717) is 11.1 Å². The largest absolute Gasteiger partial charge is 0.522 e. The number of ether oxygens (including phenoxy) is 1. The minimum atomic E-state index is -4.65. The van der Waals surface area contributed by atoms with Crippen LogP contribution in [-0.4, -0.2) is 18.0 Å². The van der Waals surface area contributed by atoms with Crippen LogP contribution in [0.25, 0.3) is 0 Å². The first-order chi connectivity index (χ1) is 7.42. The van der Waals surface area contributed by atoms with E-state index in [-0.39, 0.29) is 11.7 Å². The summed E-state index contributed by atoms with van der Waals surface area (Å²) in [4.78, 5) is 11.1. The van der Waals surface area contributed by atoms with Crippen LogP contribution in [0.4, 0.5) is 13.2 Å². The molecule has 1 aromatic carbocycles. The van der Waals surface area contributed by atoms with Gasteiger partial charge < -0.3 is 0 Å². The van der Waals surface area contributed by atoms with Gasteiger partial charge in [-0.2, -0.15) is 0 Å². The molecule has 0 amide bonds. The highest BCUT2D eigenvalue weighted by Gasteiger charge is 2.28. The van der Waals surface area contributed by atoms with Crippen LogP contribution in [0, 0.1) is 0 Å². The van der Waals surface area contributed by atoms with Crippen LogP contribution in [0.3, 0.4) is 0 Å². The molecular weight excluding hydrogens is 245 g/mol. The molecule has 1 aromatic rings.